The topological polar surface area (TPSA) is 87.7 Å². The molecule has 7 nitrogen and oxygen atoms in total. The Labute approximate surface area is 163 Å². The molecule has 2 spiro atoms. The summed E-state index contributed by atoms with van der Waals surface area (Å²) in [4.78, 5) is 39.8. The molecule has 4 aliphatic rings. The molecule has 7 heteroatoms. The highest BCUT2D eigenvalue weighted by atomic mass is 16.6. The number of piperidine rings is 1. The Bertz CT molecular complexity index is 838. The highest BCUT2D eigenvalue weighted by Gasteiger charge is 2.55. The van der Waals surface area contributed by atoms with Crippen LogP contribution in [-0.2, 0) is 19.1 Å². The van der Waals surface area contributed by atoms with E-state index in [1.54, 1.807) is 0 Å². The van der Waals surface area contributed by atoms with Crippen LogP contribution in [-0.4, -0.2) is 46.9 Å². The predicted molar refractivity (Wildman–Crippen MR) is 103 cm³/mol. The number of para-hydroxylation sites is 2. The molecule has 2 N–H and O–H groups in total. The number of hydrogen-bond donors (Lipinski definition) is 2. The van der Waals surface area contributed by atoms with Crippen molar-refractivity contribution < 1.29 is 19.1 Å². The molecule has 2 amide bonds. The zero-order chi connectivity index (χ0) is 19.4. The Hall–Kier alpha value is -2.57. The summed E-state index contributed by atoms with van der Waals surface area (Å²) in [5.41, 5.74) is 0.448. The number of ether oxygens (including phenoxy) is 1. The van der Waals surface area contributed by atoms with Gasteiger partial charge in [0.1, 0.15) is 11.1 Å². The van der Waals surface area contributed by atoms with Gasteiger partial charge in [0.2, 0.25) is 11.8 Å². The minimum atomic E-state index is -0.682. The smallest absolute Gasteiger partial charge is 0.307 e. The van der Waals surface area contributed by atoms with E-state index < -0.39 is 11.1 Å². The number of likely N-dealkylation sites (tertiary alicyclic amines) is 1. The van der Waals surface area contributed by atoms with Crippen molar-refractivity contribution in [2.45, 2.75) is 56.1 Å². The lowest BCUT2D eigenvalue weighted by Gasteiger charge is -2.45. The standard InChI is InChI=1S/C21H25N3O4/c25-17-13-14(21(28-17)7-3-4-8-21)18(26)24-11-9-20(10-12-24)19(27)22-15-5-1-2-6-16(15)23-20/h1-2,5-6,14,23H,3-4,7-13H2,(H,22,27). The van der Waals surface area contributed by atoms with E-state index >= 15 is 0 Å². The van der Waals surface area contributed by atoms with Crippen LogP contribution in [0, 0.1) is 5.92 Å². The van der Waals surface area contributed by atoms with Crippen LogP contribution in [0.4, 0.5) is 11.4 Å². The van der Waals surface area contributed by atoms with Gasteiger partial charge in [-0.2, -0.15) is 0 Å². The zero-order valence-corrected chi connectivity index (χ0v) is 15.8. The van der Waals surface area contributed by atoms with Crippen LogP contribution in [0.1, 0.15) is 44.9 Å². The lowest BCUT2D eigenvalue weighted by molar-refractivity contribution is -0.152. The molecule has 1 atom stereocenters. The largest absolute Gasteiger partial charge is 0.458 e. The fourth-order valence-corrected chi connectivity index (χ4v) is 5.37. The summed E-state index contributed by atoms with van der Waals surface area (Å²) in [6.07, 6.45) is 4.86. The van der Waals surface area contributed by atoms with E-state index in [2.05, 4.69) is 10.6 Å². The highest BCUT2D eigenvalue weighted by Crippen LogP contribution is 2.46. The first kappa shape index (κ1) is 17.5. The van der Waals surface area contributed by atoms with Crippen molar-refractivity contribution in [1.29, 1.82) is 0 Å². The first-order valence-electron chi connectivity index (χ1n) is 10.2. The number of benzene rings is 1. The molecule has 3 fully saturated rings. The molecule has 5 rings (SSSR count). The summed E-state index contributed by atoms with van der Waals surface area (Å²) in [5, 5.41) is 6.41. The molecule has 1 aromatic rings. The molecule has 0 radical (unpaired) electrons. The van der Waals surface area contributed by atoms with Crippen molar-refractivity contribution in [2.75, 3.05) is 23.7 Å². The van der Waals surface area contributed by atoms with E-state index in [9.17, 15) is 14.4 Å². The third kappa shape index (κ3) is 2.59. The van der Waals surface area contributed by atoms with Gasteiger partial charge in [-0.3, -0.25) is 14.4 Å². The normalized spacial score (nSPS) is 27.3. The molecule has 1 aliphatic carbocycles. The van der Waals surface area contributed by atoms with E-state index in [4.69, 9.17) is 4.74 Å². The number of nitrogens with zero attached hydrogens (tertiary/aromatic N) is 1. The van der Waals surface area contributed by atoms with Gasteiger partial charge in [0.25, 0.3) is 0 Å². The number of fused-ring (bicyclic) bond motifs is 1. The van der Waals surface area contributed by atoms with Gasteiger partial charge in [-0.25, -0.2) is 0 Å². The summed E-state index contributed by atoms with van der Waals surface area (Å²) in [6, 6.07) is 7.67. The first-order chi connectivity index (χ1) is 13.5. The Balaban J connectivity index is 1.30. The lowest BCUT2D eigenvalue weighted by Crippen LogP contribution is -2.60. The molecule has 1 unspecified atom stereocenters. The Kier molecular flexibility index (Phi) is 3.89. The first-order valence-corrected chi connectivity index (χ1v) is 10.2. The molecular weight excluding hydrogens is 358 g/mol. The second-order valence-corrected chi connectivity index (χ2v) is 8.53. The third-order valence-corrected chi connectivity index (χ3v) is 6.98. The maximum Gasteiger partial charge on any atom is 0.307 e. The van der Waals surface area contributed by atoms with Gasteiger partial charge >= 0.3 is 5.97 Å². The zero-order valence-electron chi connectivity index (χ0n) is 15.8. The minimum Gasteiger partial charge on any atom is -0.458 e. The summed E-state index contributed by atoms with van der Waals surface area (Å²) in [5.74, 6) is -0.645. The maximum absolute atomic E-state index is 13.2. The van der Waals surface area contributed by atoms with Crippen LogP contribution in [0.15, 0.2) is 24.3 Å². The van der Waals surface area contributed by atoms with Crippen molar-refractivity contribution in [3.63, 3.8) is 0 Å². The molecule has 148 valence electrons. The highest BCUT2D eigenvalue weighted by molar-refractivity contribution is 6.06. The van der Waals surface area contributed by atoms with E-state index in [-0.39, 0.29) is 30.1 Å². The number of esters is 1. The summed E-state index contributed by atoms with van der Waals surface area (Å²) in [7, 11) is 0. The van der Waals surface area contributed by atoms with Crippen molar-refractivity contribution in [3.8, 4) is 0 Å². The summed E-state index contributed by atoms with van der Waals surface area (Å²) < 4.78 is 5.64. The minimum absolute atomic E-state index is 0.0132. The van der Waals surface area contributed by atoms with Gasteiger partial charge in [-0.15, -0.1) is 0 Å². The van der Waals surface area contributed by atoms with Crippen molar-refractivity contribution in [1.82, 2.24) is 4.90 Å². The van der Waals surface area contributed by atoms with E-state index in [1.807, 2.05) is 29.2 Å². The van der Waals surface area contributed by atoms with Crippen molar-refractivity contribution >= 4 is 29.2 Å². The molecule has 1 saturated carbocycles. The van der Waals surface area contributed by atoms with Gasteiger partial charge in [-0.1, -0.05) is 12.1 Å². The van der Waals surface area contributed by atoms with E-state index in [1.165, 1.54) is 0 Å². The number of rotatable bonds is 1. The fourth-order valence-electron chi connectivity index (χ4n) is 5.37. The van der Waals surface area contributed by atoms with Gasteiger partial charge in [0, 0.05) is 13.1 Å². The average molecular weight is 383 g/mol. The van der Waals surface area contributed by atoms with Crippen molar-refractivity contribution in [3.05, 3.63) is 24.3 Å². The number of amides is 2. The van der Waals surface area contributed by atoms with Crippen LogP contribution in [0.25, 0.3) is 0 Å². The Morgan fingerprint density at radius 3 is 2.43 bits per heavy atom. The van der Waals surface area contributed by atoms with Gasteiger partial charge < -0.3 is 20.3 Å². The molecule has 3 aliphatic heterocycles. The van der Waals surface area contributed by atoms with Gasteiger partial charge in [0.05, 0.1) is 23.7 Å². The monoisotopic (exact) mass is 383 g/mol. The summed E-state index contributed by atoms with van der Waals surface area (Å²) in [6.45, 7) is 1.00. The SMILES string of the molecule is O=C1CC(C(=O)N2CCC3(CC2)Nc2ccccc2NC3=O)C2(CCCC2)O1. The predicted octanol–water partition coefficient (Wildman–Crippen LogP) is 2.29. The number of nitrogens with one attached hydrogen (secondary N) is 2. The van der Waals surface area contributed by atoms with Gasteiger partial charge in [-0.05, 0) is 50.7 Å². The lowest BCUT2D eigenvalue weighted by atomic mass is 9.81. The molecule has 1 aromatic carbocycles. The number of carbonyl (C=O) groups excluding carboxylic acids is 3. The molecule has 28 heavy (non-hydrogen) atoms. The van der Waals surface area contributed by atoms with Crippen LogP contribution in [0.5, 0.6) is 0 Å². The van der Waals surface area contributed by atoms with Crippen LogP contribution in [0.3, 0.4) is 0 Å². The Morgan fingerprint density at radius 2 is 1.71 bits per heavy atom. The third-order valence-electron chi connectivity index (χ3n) is 6.98. The molecule has 2 saturated heterocycles. The van der Waals surface area contributed by atoms with Crippen LogP contribution in [0.2, 0.25) is 0 Å². The van der Waals surface area contributed by atoms with Crippen LogP contribution < -0.4 is 10.6 Å². The molecule has 3 heterocycles. The van der Waals surface area contributed by atoms with Crippen molar-refractivity contribution in [2.24, 2.45) is 5.92 Å². The number of anilines is 2. The molecule has 0 bridgehead atoms. The van der Waals surface area contributed by atoms with Gasteiger partial charge in [0.15, 0.2) is 0 Å². The van der Waals surface area contributed by atoms with E-state index in [0.717, 1.165) is 37.1 Å². The number of hydrogen-bond acceptors (Lipinski definition) is 5. The van der Waals surface area contributed by atoms with Crippen LogP contribution >= 0.6 is 0 Å². The molecular formula is C21H25N3O4. The summed E-state index contributed by atoms with van der Waals surface area (Å²) >= 11 is 0. The maximum atomic E-state index is 13.2. The average Bonchev–Trinajstić information content (AvgIpc) is 3.29. The van der Waals surface area contributed by atoms with E-state index in [0.29, 0.717) is 25.9 Å². The second-order valence-electron chi connectivity index (χ2n) is 8.53. The molecule has 0 aromatic heterocycles. The Morgan fingerprint density at radius 1 is 1.04 bits per heavy atom. The number of carbonyl (C=O) groups is 3. The fraction of sp³-hybridized carbons (Fsp3) is 0.571. The second kappa shape index (κ2) is 6.22. The quantitative estimate of drug-likeness (QED) is 0.727.